The largest absolute Gasteiger partial charge is 0.389 e. The third-order valence-electron chi connectivity index (χ3n) is 3.42. The second-order valence-corrected chi connectivity index (χ2v) is 6.05. The predicted molar refractivity (Wildman–Crippen MR) is 97.5 cm³/mol. The van der Waals surface area contributed by atoms with Gasteiger partial charge >= 0.3 is 0 Å². The van der Waals surface area contributed by atoms with Crippen molar-refractivity contribution in [2.45, 2.75) is 13.2 Å². The quantitative estimate of drug-likeness (QED) is 0.406. The minimum absolute atomic E-state index is 0.108. The average molecular weight is 376 g/mol. The number of hydrogen-bond acceptors (Lipinski definition) is 4. The molecule has 0 bridgehead atoms. The highest BCUT2D eigenvalue weighted by molar-refractivity contribution is 6.35. The van der Waals surface area contributed by atoms with Gasteiger partial charge in [0, 0.05) is 15.6 Å². The summed E-state index contributed by atoms with van der Waals surface area (Å²) in [4.78, 5) is 5.24. The van der Waals surface area contributed by atoms with Gasteiger partial charge in [0.05, 0.1) is 12.7 Å². The van der Waals surface area contributed by atoms with E-state index in [0.717, 1.165) is 5.56 Å². The van der Waals surface area contributed by atoms with Gasteiger partial charge in [-0.1, -0.05) is 70.0 Å². The summed E-state index contributed by atoms with van der Waals surface area (Å²) in [6, 6.07) is 15.1. The first kappa shape index (κ1) is 17.3. The first-order chi connectivity index (χ1) is 12.1. The lowest BCUT2D eigenvalue weighted by atomic mass is 10.2. The van der Waals surface area contributed by atoms with Crippen LogP contribution in [0.1, 0.15) is 16.8 Å². The number of oxime groups is 1. The highest BCUT2D eigenvalue weighted by atomic mass is 35.5. The Bertz CT molecular complexity index is 860. The van der Waals surface area contributed by atoms with Gasteiger partial charge in [0.25, 0.3) is 0 Å². The smallest absolute Gasteiger partial charge is 0.192 e. The van der Waals surface area contributed by atoms with Crippen LogP contribution in [0.4, 0.5) is 0 Å². The van der Waals surface area contributed by atoms with Gasteiger partial charge in [0.1, 0.15) is 6.61 Å². The molecule has 128 valence electrons. The molecule has 0 aliphatic rings. The molecule has 0 aliphatic heterocycles. The summed E-state index contributed by atoms with van der Waals surface area (Å²) in [5, 5.41) is 12.9. The number of benzene rings is 2. The summed E-state index contributed by atoms with van der Waals surface area (Å²) in [5.74, 6) is 0.127. The van der Waals surface area contributed by atoms with Crippen molar-refractivity contribution >= 4 is 29.0 Å². The number of nitrogens with two attached hydrogens (primary N) is 1. The zero-order chi connectivity index (χ0) is 17.6. The molecule has 0 unspecified atom stereocenters. The Labute approximate surface area is 154 Å². The maximum atomic E-state index is 6.07. The number of rotatable bonds is 6. The molecule has 8 heteroatoms. The average Bonchev–Trinajstić information content (AvgIpc) is 3.07. The van der Waals surface area contributed by atoms with Gasteiger partial charge in [0.2, 0.25) is 0 Å². The Kier molecular flexibility index (Phi) is 5.53. The molecule has 0 atom stereocenters. The van der Waals surface area contributed by atoms with Crippen LogP contribution in [-0.2, 0) is 18.0 Å². The summed E-state index contributed by atoms with van der Waals surface area (Å²) >= 11 is 12.1. The molecule has 0 saturated heterocycles. The molecular weight excluding hydrogens is 361 g/mol. The van der Waals surface area contributed by atoms with Gasteiger partial charge in [-0.2, -0.15) is 0 Å². The second kappa shape index (κ2) is 8.00. The van der Waals surface area contributed by atoms with Crippen molar-refractivity contribution < 1.29 is 4.84 Å². The molecule has 3 rings (SSSR count). The van der Waals surface area contributed by atoms with E-state index in [1.807, 2.05) is 30.3 Å². The summed E-state index contributed by atoms with van der Waals surface area (Å²) < 4.78 is 1.68. The van der Waals surface area contributed by atoms with E-state index in [1.165, 1.54) is 0 Å². The monoisotopic (exact) mass is 375 g/mol. The maximum absolute atomic E-state index is 6.07. The molecule has 0 aliphatic carbocycles. The number of hydrogen-bond donors (Lipinski definition) is 1. The molecule has 2 aromatic carbocycles. The zero-order valence-corrected chi connectivity index (χ0v) is 14.7. The maximum Gasteiger partial charge on any atom is 0.192 e. The van der Waals surface area contributed by atoms with Crippen molar-refractivity contribution in [1.82, 2.24) is 15.0 Å². The van der Waals surface area contributed by atoms with Crippen molar-refractivity contribution in [3.05, 3.63) is 81.6 Å². The Hall–Kier alpha value is -2.57. The molecule has 25 heavy (non-hydrogen) atoms. The fourth-order valence-corrected chi connectivity index (χ4v) is 2.65. The minimum atomic E-state index is 0.108. The third kappa shape index (κ3) is 4.49. The van der Waals surface area contributed by atoms with Crippen molar-refractivity contribution in [3.63, 3.8) is 0 Å². The molecule has 1 heterocycles. The van der Waals surface area contributed by atoms with E-state index in [-0.39, 0.29) is 12.4 Å². The lowest BCUT2D eigenvalue weighted by Gasteiger charge is -2.05. The number of nitrogens with zero attached hydrogens (tertiary/aromatic N) is 4. The molecule has 0 fully saturated rings. The van der Waals surface area contributed by atoms with Gasteiger partial charge in [-0.25, -0.2) is 4.68 Å². The fourth-order valence-electron chi connectivity index (χ4n) is 2.15. The molecule has 0 spiro atoms. The number of aromatic nitrogens is 3. The Morgan fingerprint density at radius 3 is 2.52 bits per heavy atom. The predicted octanol–water partition coefficient (Wildman–Crippen LogP) is 3.47. The molecule has 0 radical (unpaired) electrons. The third-order valence-corrected chi connectivity index (χ3v) is 4.13. The van der Waals surface area contributed by atoms with Crippen LogP contribution >= 0.6 is 23.2 Å². The first-order valence-corrected chi connectivity index (χ1v) is 8.22. The van der Waals surface area contributed by atoms with E-state index in [1.54, 1.807) is 29.1 Å². The lowest BCUT2D eigenvalue weighted by Crippen LogP contribution is -2.14. The molecule has 2 N–H and O–H groups in total. The molecule has 3 aromatic rings. The van der Waals surface area contributed by atoms with E-state index in [2.05, 4.69) is 15.5 Å². The molecular formula is C17H15Cl2N5O. The molecule has 1 aromatic heterocycles. The molecule has 0 saturated carbocycles. The second-order valence-electron chi connectivity index (χ2n) is 5.24. The first-order valence-electron chi connectivity index (χ1n) is 7.46. The van der Waals surface area contributed by atoms with Crippen LogP contribution in [0.15, 0.2) is 59.9 Å². The summed E-state index contributed by atoms with van der Waals surface area (Å²) in [6.45, 7) is 0.703. The lowest BCUT2D eigenvalue weighted by molar-refractivity contribution is 0.130. The van der Waals surface area contributed by atoms with Crippen LogP contribution in [0, 0.1) is 0 Å². The summed E-state index contributed by atoms with van der Waals surface area (Å²) in [6.07, 6.45) is 1.71. The number of halogens is 2. The van der Waals surface area contributed by atoms with Gasteiger partial charge in [-0.3, -0.25) is 0 Å². The Balaban J connectivity index is 1.63. The van der Waals surface area contributed by atoms with Crippen molar-refractivity contribution in [3.8, 4) is 0 Å². The zero-order valence-electron chi connectivity index (χ0n) is 13.1. The van der Waals surface area contributed by atoms with Crippen LogP contribution in [-0.4, -0.2) is 20.8 Å². The number of amidine groups is 1. The topological polar surface area (TPSA) is 78.3 Å². The van der Waals surface area contributed by atoms with Crippen molar-refractivity contribution in [2.24, 2.45) is 10.9 Å². The van der Waals surface area contributed by atoms with E-state index in [9.17, 15) is 0 Å². The van der Waals surface area contributed by atoms with Gasteiger partial charge < -0.3 is 10.6 Å². The molecule has 6 nitrogen and oxygen atoms in total. The van der Waals surface area contributed by atoms with E-state index < -0.39 is 0 Å². The minimum Gasteiger partial charge on any atom is -0.389 e. The Morgan fingerprint density at radius 2 is 1.80 bits per heavy atom. The fraction of sp³-hybridized carbons (Fsp3) is 0.118. The van der Waals surface area contributed by atoms with Crippen LogP contribution in [0.5, 0.6) is 0 Å². The van der Waals surface area contributed by atoms with Crippen LogP contribution in [0.2, 0.25) is 10.0 Å². The molecule has 0 amide bonds. The highest BCUT2D eigenvalue weighted by Gasteiger charge is 2.08. The summed E-state index contributed by atoms with van der Waals surface area (Å²) in [5.41, 5.74) is 8.08. The van der Waals surface area contributed by atoms with Gasteiger partial charge in [0.15, 0.2) is 11.5 Å². The Morgan fingerprint density at radius 1 is 1.08 bits per heavy atom. The highest BCUT2D eigenvalue weighted by Crippen LogP contribution is 2.24. The van der Waals surface area contributed by atoms with Crippen LogP contribution in [0.25, 0.3) is 0 Å². The van der Waals surface area contributed by atoms with E-state index in [0.29, 0.717) is 27.8 Å². The van der Waals surface area contributed by atoms with Crippen LogP contribution < -0.4 is 5.73 Å². The normalized spacial score (nSPS) is 11.5. The van der Waals surface area contributed by atoms with Gasteiger partial charge in [-0.15, -0.1) is 5.10 Å². The standard InChI is InChI=1S/C17H15Cl2N5O/c18-14-7-4-8-15(19)13(14)11-25-22-17(20)16-10-24(23-21-16)9-12-5-2-1-3-6-12/h1-8,10H,9,11H2,(H2,20,22). The summed E-state index contributed by atoms with van der Waals surface area (Å²) in [7, 11) is 0. The van der Waals surface area contributed by atoms with E-state index in [4.69, 9.17) is 33.8 Å². The SMILES string of the molecule is NC(=NOCc1c(Cl)cccc1Cl)c1cn(Cc2ccccc2)nn1. The van der Waals surface area contributed by atoms with E-state index >= 15 is 0 Å². The van der Waals surface area contributed by atoms with Gasteiger partial charge in [-0.05, 0) is 17.7 Å². The van der Waals surface area contributed by atoms with Crippen molar-refractivity contribution in [1.29, 1.82) is 0 Å². The van der Waals surface area contributed by atoms with Crippen LogP contribution in [0.3, 0.4) is 0 Å². The van der Waals surface area contributed by atoms with Crippen molar-refractivity contribution in [2.75, 3.05) is 0 Å².